The highest BCUT2D eigenvalue weighted by Crippen LogP contribution is 2.19. The molecule has 1 amide bonds. The number of halogens is 1. The Kier molecular flexibility index (Phi) is 5.52. The van der Waals surface area contributed by atoms with Gasteiger partial charge in [-0.2, -0.15) is 5.10 Å². The number of hydrogen-bond acceptors (Lipinski definition) is 3. The Morgan fingerprint density at radius 2 is 2.19 bits per heavy atom. The van der Waals surface area contributed by atoms with Crippen LogP contribution in [-0.4, -0.2) is 37.9 Å². The molecular formula is C14H16ClN3O2S. The monoisotopic (exact) mass is 325 g/mol. The molecule has 112 valence electrons. The molecule has 0 saturated carbocycles. The summed E-state index contributed by atoms with van der Waals surface area (Å²) < 4.78 is 12.8. The fourth-order valence-corrected chi connectivity index (χ4v) is 2.57. The van der Waals surface area contributed by atoms with Gasteiger partial charge >= 0.3 is 0 Å². The largest absolute Gasteiger partial charge is 0.351 e. The molecule has 1 aromatic carbocycles. The minimum absolute atomic E-state index is 0.235. The molecule has 0 saturated heterocycles. The molecule has 1 heterocycles. The van der Waals surface area contributed by atoms with Crippen molar-refractivity contribution < 1.29 is 9.00 Å². The van der Waals surface area contributed by atoms with Crippen LogP contribution in [0.4, 0.5) is 0 Å². The van der Waals surface area contributed by atoms with Crippen LogP contribution in [0.25, 0.3) is 5.69 Å². The van der Waals surface area contributed by atoms with Gasteiger partial charge in [0, 0.05) is 35.0 Å². The Balaban J connectivity index is 2.01. The molecule has 0 aliphatic heterocycles. The van der Waals surface area contributed by atoms with Gasteiger partial charge in [0.05, 0.1) is 22.5 Å². The normalized spacial score (nSPS) is 12.1. The van der Waals surface area contributed by atoms with Gasteiger partial charge in [-0.05, 0) is 12.1 Å². The number of benzene rings is 1. The van der Waals surface area contributed by atoms with Crippen molar-refractivity contribution in [2.75, 3.05) is 18.1 Å². The second kappa shape index (κ2) is 7.38. The molecule has 2 aromatic rings. The number of nitrogens with one attached hydrogen (secondary N) is 1. The fourth-order valence-electron chi connectivity index (χ4n) is 1.73. The van der Waals surface area contributed by atoms with E-state index in [-0.39, 0.29) is 5.91 Å². The summed E-state index contributed by atoms with van der Waals surface area (Å²) >= 11 is 6.09. The summed E-state index contributed by atoms with van der Waals surface area (Å²) in [4.78, 5) is 11.9. The van der Waals surface area contributed by atoms with Crippen LogP contribution in [-0.2, 0) is 10.8 Å². The van der Waals surface area contributed by atoms with E-state index in [1.807, 2.05) is 25.1 Å². The van der Waals surface area contributed by atoms with Gasteiger partial charge in [-0.1, -0.05) is 30.7 Å². The van der Waals surface area contributed by atoms with Gasteiger partial charge in [0.15, 0.2) is 0 Å². The number of hydrogen-bond donors (Lipinski definition) is 1. The molecule has 1 N–H and O–H groups in total. The van der Waals surface area contributed by atoms with E-state index in [9.17, 15) is 9.00 Å². The quantitative estimate of drug-likeness (QED) is 0.883. The maximum Gasteiger partial charge on any atom is 0.254 e. The average molecular weight is 326 g/mol. The summed E-state index contributed by atoms with van der Waals surface area (Å²) in [6.45, 7) is 2.24. The van der Waals surface area contributed by atoms with Crippen molar-refractivity contribution in [3.63, 3.8) is 0 Å². The number of carbonyl (C=O) groups excluding carboxylic acids is 1. The van der Waals surface area contributed by atoms with Crippen LogP contribution >= 0.6 is 11.6 Å². The van der Waals surface area contributed by atoms with Crippen molar-refractivity contribution in [3.8, 4) is 5.69 Å². The second-order valence-corrected chi connectivity index (χ2v) is 6.59. The molecule has 0 bridgehead atoms. The van der Waals surface area contributed by atoms with E-state index < -0.39 is 10.8 Å². The van der Waals surface area contributed by atoms with E-state index in [1.165, 1.54) is 6.20 Å². The molecule has 0 aliphatic rings. The zero-order valence-corrected chi connectivity index (χ0v) is 13.2. The molecule has 0 radical (unpaired) electrons. The van der Waals surface area contributed by atoms with E-state index in [0.29, 0.717) is 34.3 Å². The third kappa shape index (κ3) is 4.15. The highest BCUT2D eigenvalue weighted by atomic mass is 35.5. The lowest BCUT2D eigenvalue weighted by atomic mass is 10.3. The first kappa shape index (κ1) is 15.7. The molecule has 1 unspecified atom stereocenters. The molecule has 21 heavy (non-hydrogen) atoms. The summed E-state index contributed by atoms with van der Waals surface area (Å²) in [6, 6.07) is 7.26. The Morgan fingerprint density at radius 3 is 2.90 bits per heavy atom. The Hall–Kier alpha value is -1.66. The van der Waals surface area contributed by atoms with E-state index in [1.54, 1.807) is 16.9 Å². The van der Waals surface area contributed by atoms with E-state index in [0.717, 1.165) is 0 Å². The summed E-state index contributed by atoms with van der Waals surface area (Å²) in [7, 11) is -0.880. The average Bonchev–Trinajstić information content (AvgIpc) is 2.97. The van der Waals surface area contributed by atoms with E-state index in [2.05, 4.69) is 10.4 Å². The molecule has 7 heteroatoms. The van der Waals surface area contributed by atoms with Crippen LogP contribution in [0.15, 0.2) is 36.7 Å². The predicted molar refractivity (Wildman–Crippen MR) is 84.5 cm³/mol. The van der Waals surface area contributed by atoms with Crippen LogP contribution in [0.2, 0.25) is 5.02 Å². The molecule has 0 spiro atoms. The fraction of sp³-hybridized carbons (Fsp3) is 0.286. The van der Waals surface area contributed by atoms with Crippen LogP contribution in [0.3, 0.4) is 0 Å². The molecule has 2 rings (SSSR count). The minimum atomic E-state index is -0.880. The van der Waals surface area contributed by atoms with Gasteiger partial charge in [-0.15, -0.1) is 0 Å². The van der Waals surface area contributed by atoms with Crippen molar-refractivity contribution in [1.82, 2.24) is 15.1 Å². The molecular weight excluding hydrogens is 310 g/mol. The lowest BCUT2D eigenvalue weighted by Crippen LogP contribution is -2.27. The van der Waals surface area contributed by atoms with Gasteiger partial charge in [0.25, 0.3) is 5.91 Å². The zero-order chi connectivity index (χ0) is 15.2. The maximum atomic E-state index is 11.9. The van der Waals surface area contributed by atoms with Crippen molar-refractivity contribution in [2.24, 2.45) is 0 Å². The molecule has 0 aliphatic carbocycles. The first-order chi connectivity index (χ1) is 10.1. The molecule has 1 atom stereocenters. The third-order valence-corrected chi connectivity index (χ3v) is 4.50. The van der Waals surface area contributed by atoms with Crippen molar-refractivity contribution in [1.29, 1.82) is 0 Å². The van der Waals surface area contributed by atoms with Gasteiger partial charge in [0.2, 0.25) is 0 Å². The van der Waals surface area contributed by atoms with Crippen LogP contribution < -0.4 is 5.32 Å². The summed E-state index contributed by atoms with van der Waals surface area (Å²) in [6.07, 6.45) is 3.10. The molecule has 1 aromatic heterocycles. The topological polar surface area (TPSA) is 64.0 Å². The standard InChI is InChI=1S/C14H16ClN3O2S/c1-2-21(20)8-7-16-14(19)11-9-17-18(10-11)13-6-4-3-5-12(13)15/h3-6,9-10H,2,7-8H2,1H3,(H,16,19). The number of carbonyl (C=O) groups is 1. The van der Waals surface area contributed by atoms with E-state index >= 15 is 0 Å². The van der Waals surface area contributed by atoms with Crippen molar-refractivity contribution in [3.05, 3.63) is 47.2 Å². The Labute approximate surface area is 130 Å². The predicted octanol–water partition coefficient (Wildman–Crippen LogP) is 2.02. The lowest BCUT2D eigenvalue weighted by Gasteiger charge is -2.03. The number of amides is 1. The van der Waals surface area contributed by atoms with Crippen LogP contribution in [0, 0.1) is 0 Å². The smallest absolute Gasteiger partial charge is 0.254 e. The van der Waals surface area contributed by atoms with Crippen molar-refractivity contribution >= 4 is 28.3 Å². The zero-order valence-electron chi connectivity index (χ0n) is 11.6. The SMILES string of the molecule is CCS(=O)CCNC(=O)c1cnn(-c2ccccc2Cl)c1. The molecule has 0 fully saturated rings. The second-order valence-electron chi connectivity index (χ2n) is 4.31. The van der Waals surface area contributed by atoms with Gasteiger partial charge in [-0.3, -0.25) is 9.00 Å². The van der Waals surface area contributed by atoms with Gasteiger partial charge in [0.1, 0.15) is 0 Å². The summed E-state index contributed by atoms with van der Waals surface area (Å²) in [5.41, 5.74) is 1.16. The van der Waals surface area contributed by atoms with Crippen molar-refractivity contribution in [2.45, 2.75) is 6.92 Å². The Morgan fingerprint density at radius 1 is 1.43 bits per heavy atom. The van der Waals surface area contributed by atoms with Crippen LogP contribution in [0.5, 0.6) is 0 Å². The third-order valence-electron chi connectivity index (χ3n) is 2.88. The lowest BCUT2D eigenvalue weighted by molar-refractivity contribution is 0.0956. The van der Waals surface area contributed by atoms with Gasteiger partial charge < -0.3 is 5.32 Å². The highest BCUT2D eigenvalue weighted by Gasteiger charge is 2.10. The maximum absolute atomic E-state index is 11.9. The summed E-state index contributed by atoms with van der Waals surface area (Å²) in [5, 5.41) is 7.43. The highest BCUT2D eigenvalue weighted by molar-refractivity contribution is 7.84. The number of nitrogens with zero attached hydrogens (tertiary/aromatic N) is 2. The first-order valence-corrected chi connectivity index (χ1v) is 8.41. The summed E-state index contributed by atoms with van der Waals surface area (Å²) in [5.74, 6) is 0.822. The minimum Gasteiger partial charge on any atom is -0.351 e. The Bertz CT molecular complexity index is 657. The number of rotatable bonds is 6. The van der Waals surface area contributed by atoms with Crippen LogP contribution in [0.1, 0.15) is 17.3 Å². The first-order valence-electron chi connectivity index (χ1n) is 6.54. The van der Waals surface area contributed by atoms with E-state index in [4.69, 9.17) is 11.6 Å². The number of para-hydroxylation sites is 1. The molecule has 5 nitrogen and oxygen atoms in total. The van der Waals surface area contributed by atoms with Gasteiger partial charge in [-0.25, -0.2) is 4.68 Å². The number of aromatic nitrogens is 2.